The Bertz CT molecular complexity index is 621. The molecule has 1 fully saturated rings. The highest BCUT2D eigenvalue weighted by molar-refractivity contribution is 5.81. The van der Waals surface area contributed by atoms with Gasteiger partial charge in [-0.1, -0.05) is 6.07 Å². The lowest BCUT2D eigenvalue weighted by Gasteiger charge is -2.12. The van der Waals surface area contributed by atoms with Crippen molar-refractivity contribution in [3.63, 3.8) is 0 Å². The summed E-state index contributed by atoms with van der Waals surface area (Å²) in [5.74, 6) is -0.356. The number of rotatable bonds is 4. The van der Waals surface area contributed by atoms with Gasteiger partial charge in [-0.3, -0.25) is 4.79 Å². The maximum Gasteiger partial charge on any atom is 0.237 e. The first-order valence-corrected chi connectivity index (χ1v) is 7.02. The van der Waals surface area contributed by atoms with Gasteiger partial charge in [-0.05, 0) is 37.1 Å². The number of benzene rings is 1. The van der Waals surface area contributed by atoms with Crippen LogP contribution in [-0.2, 0) is 11.3 Å². The minimum absolute atomic E-state index is 0.0217. The van der Waals surface area contributed by atoms with Gasteiger partial charge in [-0.15, -0.1) is 0 Å². The molecule has 1 unspecified atom stereocenters. The number of hydrogen-bond donors (Lipinski definition) is 2. The summed E-state index contributed by atoms with van der Waals surface area (Å²) >= 11 is 0. The highest BCUT2D eigenvalue weighted by Crippen LogP contribution is 2.15. The van der Waals surface area contributed by atoms with E-state index in [4.69, 9.17) is 0 Å². The molecule has 110 valence electrons. The van der Waals surface area contributed by atoms with Crippen LogP contribution in [0.15, 0.2) is 36.9 Å². The summed E-state index contributed by atoms with van der Waals surface area (Å²) in [5.41, 5.74) is 1.18. The summed E-state index contributed by atoms with van der Waals surface area (Å²) in [6.45, 7) is 1.21. The average molecular weight is 288 g/mol. The Kier molecular flexibility index (Phi) is 3.96. The van der Waals surface area contributed by atoms with Crippen molar-refractivity contribution in [2.75, 3.05) is 6.54 Å². The van der Waals surface area contributed by atoms with Crippen LogP contribution in [0.3, 0.4) is 0 Å². The lowest BCUT2D eigenvalue weighted by molar-refractivity contribution is -0.122. The summed E-state index contributed by atoms with van der Waals surface area (Å²) < 4.78 is 15.7. The van der Waals surface area contributed by atoms with Gasteiger partial charge in [0.05, 0.1) is 18.1 Å². The number of aromatic nitrogens is 2. The van der Waals surface area contributed by atoms with Crippen LogP contribution in [0.25, 0.3) is 5.69 Å². The van der Waals surface area contributed by atoms with Crippen molar-refractivity contribution in [2.45, 2.75) is 25.4 Å². The fourth-order valence-electron chi connectivity index (χ4n) is 2.49. The second-order valence-corrected chi connectivity index (χ2v) is 5.12. The van der Waals surface area contributed by atoms with Gasteiger partial charge in [-0.25, -0.2) is 9.37 Å². The standard InChI is InChI=1S/C15H17FN4O/c16-12-8-11(3-4-14(12)20-7-6-17-10-20)9-19-15(21)13-2-1-5-18-13/h3-4,6-8,10,13,18H,1-2,5,9H2,(H,19,21). The Hall–Kier alpha value is -2.21. The fraction of sp³-hybridized carbons (Fsp3) is 0.333. The first-order chi connectivity index (χ1) is 10.2. The van der Waals surface area contributed by atoms with E-state index < -0.39 is 0 Å². The van der Waals surface area contributed by atoms with Gasteiger partial charge >= 0.3 is 0 Å². The van der Waals surface area contributed by atoms with E-state index in [1.165, 1.54) is 6.07 Å². The number of amides is 1. The number of imidazole rings is 1. The summed E-state index contributed by atoms with van der Waals surface area (Å²) in [6.07, 6.45) is 6.71. The van der Waals surface area contributed by atoms with Crippen molar-refractivity contribution in [1.29, 1.82) is 0 Å². The lowest BCUT2D eigenvalue weighted by atomic mass is 10.1. The number of nitrogens with one attached hydrogen (secondary N) is 2. The third kappa shape index (κ3) is 3.11. The Labute approximate surface area is 122 Å². The van der Waals surface area contributed by atoms with E-state index in [0.717, 1.165) is 24.9 Å². The van der Waals surface area contributed by atoms with E-state index in [2.05, 4.69) is 15.6 Å². The van der Waals surface area contributed by atoms with E-state index in [1.807, 2.05) is 0 Å². The molecule has 21 heavy (non-hydrogen) atoms. The summed E-state index contributed by atoms with van der Waals surface area (Å²) in [6, 6.07) is 4.82. The molecule has 0 spiro atoms. The second kappa shape index (κ2) is 6.05. The normalized spacial score (nSPS) is 17.9. The molecule has 6 heteroatoms. The van der Waals surface area contributed by atoms with Crippen molar-refractivity contribution in [3.05, 3.63) is 48.3 Å². The highest BCUT2D eigenvalue weighted by Gasteiger charge is 2.21. The van der Waals surface area contributed by atoms with Crippen LogP contribution in [0.5, 0.6) is 0 Å². The quantitative estimate of drug-likeness (QED) is 0.893. The van der Waals surface area contributed by atoms with Crippen LogP contribution < -0.4 is 10.6 Å². The molecule has 5 nitrogen and oxygen atoms in total. The number of nitrogens with zero attached hydrogens (tertiary/aromatic N) is 2. The van der Waals surface area contributed by atoms with Crippen LogP contribution >= 0.6 is 0 Å². The fourth-order valence-corrected chi connectivity index (χ4v) is 2.49. The first-order valence-electron chi connectivity index (χ1n) is 7.02. The Morgan fingerprint density at radius 1 is 1.52 bits per heavy atom. The molecule has 1 aliphatic heterocycles. The molecule has 1 aromatic heterocycles. The van der Waals surface area contributed by atoms with Crippen molar-refractivity contribution in [3.8, 4) is 5.69 Å². The van der Waals surface area contributed by atoms with Gasteiger partial charge in [0.2, 0.25) is 5.91 Å². The van der Waals surface area contributed by atoms with Gasteiger partial charge in [-0.2, -0.15) is 0 Å². The van der Waals surface area contributed by atoms with Crippen molar-refractivity contribution in [2.24, 2.45) is 0 Å². The van der Waals surface area contributed by atoms with Crippen LogP contribution in [0.1, 0.15) is 18.4 Å². The average Bonchev–Trinajstić information content (AvgIpc) is 3.17. The largest absolute Gasteiger partial charge is 0.351 e. The molecular formula is C15H17FN4O. The minimum atomic E-state index is -0.334. The van der Waals surface area contributed by atoms with Crippen LogP contribution in [-0.4, -0.2) is 28.0 Å². The van der Waals surface area contributed by atoms with Gasteiger partial charge in [0.1, 0.15) is 5.82 Å². The Morgan fingerprint density at radius 3 is 3.10 bits per heavy atom. The molecule has 2 heterocycles. The van der Waals surface area contributed by atoms with Crippen LogP contribution in [0, 0.1) is 5.82 Å². The molecule has 0 radical (unpaired) electrons. The number of carbonyl (C=O) groups is 1. The molecular weight excluding hydrogens is 271 g/mol. The van der Waals surface area contributed by atoms with E-state index >= 15 is 0 Å². The third-order valence-electron chi connectivity index (χ3n) is 3.64. The van der Waals surface area contributed by atoms with Crippen LogP contribution in [0.4, 0.5) is 4.39 Å². The van der Waals surface area contributed by atoms with Gasteiger partial charge in [0.25, 0.3) is 0 Å². The molecule has 0 saturated carbocycles. The molecule has 1 saturated heterocycles. The second-order valence-electron chi connectivity index (χ2n) is 5.12. The first kappa shape index (κ1) is 13.8. The molecule has 2 aromatic rings. The molecule has 0 bridgehead atoms. The van der Waals surface area contributed by atoms with Gasteiger partial charge in [0, 0.05) is 18.9 Å². The van der Waals surface area contributed by atoms with E-state index in [0.29, 0.717) is 12.2 Å². The Morgan fingerprint density at radius 2 is 2.43 bits per heavy atom. The molecule has 0 aliphatic carbocycles. The topological polar surface area (TPSA) is 59.0 Å². The number of hydrogen-bond acceptors (Lipinski definition) is 3. The maximum absolute atomic E-state index is 14.1. The van der Waals surface area contributed by atoms with Crippen LogP contribution in [0.2, 0.25) is 0 Å². The number of halogens is 1. The Balaban J connectivity index is 1.64. The predicted octanol–water partition coefficient (Wildman–Crippen LogP) is 1.38. The molecule has 1 aliphatic rings. The smallest absolute Gasteiger partial charge is 0.237 e. The minimum Gasteiger partial charge on any atom is -0.351 e. The van der Waals surface area contributed by atoms with E-state index in [-0.39, 0.29) is 17.8 Å². The molecule has 3 rings (SSSR count). The SMILES string of the molecule is O=C(NCc1ccc(-n2ccnc2)c(F)c1)C1CCCN1. The van der Waals surface area contributed by atoms with E-state index in [1.54, 1.807) is 35.4 Å². The monoisotopic (exact) mass is 288 g/mol. The summed E-state index contributed by atoms with van der Waals surface area (Å²) in [5, 5.41) is 5.97. The zero-order chi connectivity index (χ0) is 14.7. The molecule has 1 atom stereocenters. The van der Waals surface area contributed by atoms with Gasteiger partial charge < -0.3 is 15.2 Å². The zero-order valence-electron chi connectivity index (χ0n) is 11.6. The molecule has 1 amide bonds. The van der Waals surface area contributed by atoms with Crippen molar-refractivity contribution >= 4 is 5.91 Å². The van der Waals surface area contributed by atoms with Crippen molar-refractivity contribution < 1.29 is 9.18 Å². The maximum atomic E-state index is 14.1. The number of carbonyl (C=O) groups excluding carboxylic acids is 1. The highest BCUT2D eigenvalue weighted by atomic mass is 19.1. The predicted molar refractivity (Wildman–Crippen MR) is 76.4 cm³/mol. The van der Waals surface area contributed by atoms with Crippen molar-refractivity contribution in [1.82, 2.24) is 20.2 Å². The van der Waals surface area contributed by atoms with Gasteiger partial charge in [0.15, 0.2) is 0 Å². The molecule has 1 aromatic carbocycles. The third-order valence-corrected chi connectivity index (χ3v) is 3.64. The lowest BCUT2D eigenvalue weighted by Crippen LogP contribution is -2.40. The zero-order valence-corrected chi connectivity index (χ0v) is 11.6. The summed E-state index contributed by atoms with van der Waals surface area (Å²) in [7, 11) is 0. The van der Waals surface area contributed by atoms with E-state index in [9.17, 15) is 9.18 Å². The summed E-state index contributed by atoms with van der Waals surface area (Å²) in [4.78, 5) is 15.8. The molecule has 2 N–H and O–H groups in total.